The van der Waals surface area contributed by atoms with Gasteiger partial charge in [0.05, 0.1) is 17.4 Å². The lowest BCUT2D eigenvalue weighted by Gasteiger charge is -2.29. The van der Waals surface area contributed by atoms with E-state index in [1.165, 1.54) is 10.4 Å². The van der Waals surface area contributed by atoms with Crippen LogP contribution in [-0.4, -0.2) is 46.1 Å². The maximum atomic E-state index is 12.7. The van der Waals surface area contributed by atoms with E-state index in [9.17, 15) is 16.8 Å². The van der Waals surface area contributed by atoms with Gasteiger partial charge in [0.1, 0.15) is 9.79 Å². The fourth-order valence-corrected chi connectivity index (χ4v) is 5.19. The zero-order chi connectivity index (χ0) is 18.0. The molecule has 11 heteroatoms. The third kappa shape index (κ3) is 4.19. The Bertz CT molecular complexity index is 811. The van der Waals surface area contributed by atoms with Gasteiger partial charge in [-0.05, 0) is 25.0 Å². The number of nitrogens with two attached hydrogens (primary N) is 1. The number of aliphatic hydroxyl groups excluding tert-OH is 1. The molecule has 0 radical (unpaired) electrons. The van der Waals surface area contributed by atoms with Crippen molar-refractivity contribution in [3.05, 3.63) is 17.2 Å². The van der Waals surface area contributed by atoms with E-state index in [0.29, 0.717) is 19.4 Å². The predicted molar refractivity (Wildman–Crippen MR) is 90.8 cm³/mol. The van der Waals surface area contributed by atoms with Gasteiger partial charge in [-0.3, -0.25) is 0 Å². The zero-order valence-electron chi connectivity index (χ0n) is 12.9. The molecule has 0 aromatic heterocycles. The minimum atomic E-state index is -4.13. The molecule has 0 amide bonds. The maximum Gasteiger partial charge on any atom is 0.246 e. The van der Waals surface area contributed by atoms with Crippen LogP contribution in [0.5, 0.6) is 0 Å². The van der Waals surface area contributed by atoms with E-state index >= 15 is 0 Å². The van der Waals surface area contributed by atoms with E-state index < -0.39 is 24.9 Å². The fourth-order valence-electron chi connectivity index (χ4n) is 2.45. The SMILES string of the molecule is NS(=O)(=O)c1cc2c(cc1Cl)NCN(CCCCCCO)S2(=O)=O. The Labute approximate surface area is 146 Å². The standard InChI is InChI=1S/C13H20ClN3O5S2/c14-10-7-11-13(8-12(10)23(15,19)20)24(21,22)17(9-16-11)5-3-1-2-4-6-18/h7-8,16,18H,1-6,9H2,(H2,15,19,20). The average Bonchev–Trinajstić information content (AvgIpc) is 2.47. The van der Waals surface area contributed by atoms with E-state index in [1.807, 2.05) is 0 Å². The quantitative estimate of drug-likeness (QED) is 0.586. The smallest absolute Gasteiger partial charge is 0.246 e. The zero-order valence-corrected chi connectivity index (χ0v) is 15.3. The fraction of sp³-hybridized carbons (Fsp3) is 0.538. The maximum absolute atomic E-state index is 12.7. The predicted octanol–water partition coefficient (Wildman–Crippen LogP) is 0.914. The number of hydrogen-bond donors (Lipinski definition) is 3. The molecule has 136 valence electrons. The summed E-state index contributed by atoms with van der Waals surface area (Å²) in [4.78, 5) is -0.573. The highest BCUT2D eigenvalue weighted by atomic mass is 35.5. The number of benzene rings is 1. The molecule has 1 aliphatic heterocycles. The summed E-state index contributed by atoms with van der Waals surface area (Å²) in [6.45, 7) is 0.502. The Balaban J connectivity index is 2.25. The first-order chi connectivity index (χ1) is 11.2. The molecule has 0 unspecified atom stereocenters. The summed E-state index contributed by atoms with van der Waals surface area (Å²) < 4.78 is 49.7. The molecule has 24 heavy (non-hydrogen) atoms. The van der Waals surface area contributed by atoms with Crippen LogP contribution in [-0.2, 0) is 20.0 Å². The molecule has 0 aliphatic carbocycles. The van der Waals surface area contributed by atoms with Crippen LogP contribution in [0.3, 0.4) is 0 Å². The summed E-state index contributed by atoms with van der Waals surface area (Å²) >= 11 is 5.88. The van der Waals surface area contributed by atoms with Crippen LogP contribution in [0.4, 0.5) is 5.69 Å². The molecule has 1 aromatic rings. The lowest BCUT2D eigenvalue weighted by molar-refractivity contribution is 0.281. The number of aliphatic hydroxyl groups is 1. The first kappa shape index (κ1) is 19.4. The van der Waals surface area contributed by atoms with Gasteiger partial charge in [-0.1, -0.05) is 24.4 Å². The van der Waals surface area contributed by atoms with E-state index in [0.717, 1.165) is 18.9 Å². The van der Waals surface area contributed by atoms with Crippen molar-refractivity contribution in [3.8, 4) is 0 Å². The van der Waals surface area contributed by atoms with Gasteiger partial charge in [-0.15, -0.1) is 0 Å². The number of nitrogens with one attached hydrogen (secondary N) is 1. The minimum Gasteiger partial charge on any atom is -0.396 e. The van der Waals surface area contributed by atoms with Crippen molar-refractivity contribution in [2.75, 3.05) is 25.1 Å². The van der Waals surface area contributed by atoms with Gasteiger partial charge in [-0.25, -0.2) is 22.0 Å². The van der Waals surface area contributed by atoms with Crippen molar-refractivity contribution in [2.45, 2.75) is 35.5 Å². The van der Waals surface area contributed by atoms with Crippen LogP contribution in [0.15, 0.2) is 21.9 Å². The van der Waals surface area contributed by atoms with Crippen LogP contribution in [0.25, 0.3) is 0 Å². The van der Waals surface area contributed by atoms with E-state index in [4.69, 9.17) is 21.8 Å². The molecule has 8 nitrogen and oxygen atoms in total. The summed E-state index contributed by atoms with van der Waals surface area (Å²) in [6.07, 6.45) is 2.94. The number of hydrogen-bond acceptors (Lipinski definition) is 6. The van der Waals surface area contributed by atoms with Crippen LogP contribution in [0, 0.1) is 0 Å². The lowest BCUT2D eigenvalue weighted by atomic mass is 10.2. The highest BCUT2D eigenvalue weighted by molar-refractivity contribution is 7.90. The molecule has 4 N–H and O–H groups in total. The summed E-state index contributed by atoms with van der Waals surface area (Å²) in [6, 6.07) is 2.25. The van der Waals surface area contributed by atoms with E-state index in [2.05, 4.69) is 5.32 Å². The number of anilines is 1. The summed E-state index contributed by atoms with van der Waals surface area (Å²) in [7, 11) is -7.96. The Morgan fingerprint density at radius 1 is 1.25 bits per heavy atom. The van der Waals surface area contributed by atoms with Gasteiger partial charge in [-0.2, -0.15) is 4.31 Å². The number of rotatable bonds is 7. The molecule has 1 aromatic carbocycles. The van der Waals surface area contributed by atoms with Gasteiger partial charge >= 0.3 is 0 Å². The number of halogens is 1. The van der Waals surface area contributed by atoms with Crippen molar-refractivity contribution >= 4 is 37.3 Å². The lowest BCUT2D eigenvalue weighted by Crippen LogP contribution is -2.40. The van der Waals surface area contributed by atoms with Crippen LogP contribution < -0.4 is 10.5 Å². The molecule has 0 spiro atoms. The minimum absolute atomic E-state index is 0.0837. The van der Waals surface area contributed by atoms with Crippen LogP contribution >= 0.6 is 11.6 Å². The Morgan fingerprint density at radius 3 is 2.54 bits per heavy atom. The summed E-state index contributed by atoms with van der Waals surface area (Å²) in [5, 5.41) is 16.6. The largest absolute Gasteiger partial charge is 0.396 e. The van der Waals surface area contributed by atoms with Crippen molar-refractivity contribution in [2.24, 2.45) is 5.14 Å². The van der Waals surface area contributed by atoms with Crippen molar-refractivity contribution in [1.29, 1.82) is 0 Å². The Kier molecular flexibility index (Phi) is 6.10. The molecule has 0 bridgehead atoms. The molecule has 0 atom stereocenters. The van der Waals surface area contributed by atoms with Crippen molar-refractivity contribution in [1.82, 2.24) is 4.31 Å². The summed E-state index contributed by atoms with van der Waals surface area (Å²) in [5.41, 5.74) is 0.254. The van der Waals surface area contributed by atoms with Gasteiger partial charge in [0.15, 0.2) is 0 Å². The number of sulfonamides is 2. The molecule has 1 aliphatic rings. The number of nitrogens with zero attached hydrogens (tertiary/aromatic N) is 1. The number of fused-ring (bicyclic) bond motifs is 1. The van der Waals surface area contributed by atoms with Gasteiger partial charge in [0, 0.05) is 13.2 Å². The highest BCUT2D eigenvalue weighted by Crippen LogP contribution is 2.35. The monoisotopic (exact) mass is 397 g/mol. The molecule has 0 fully saturated rings. The second-order valence-corrected chi connectivity index (χ2v) is 9.32. The van der Waals surface area contributed by atoms with Crippen molar-refractivity contribution in [3.63, 3.8) is 0 Å². The molecule has 0 saturated carbocycles. The van der Waals surface area contributed by atoms with Crippen LogP contribution in [0.1, 0.15) is 25.7 Å². The molecule has 2 rings (SSSR count). The Morgan fingerprint density at radius 2 is 1.92 bits per heavy atom. The summed E-state index contributed by atoms with van der Waals surface area (Å²) in [5.74, 6) is 0. The first-order valence-electron chi connectivity index (χ1n) is 7.39. The van der Waals surface area contributed by atoms with Gasteiger partial charge in [0.25, 0.3) is 0 Å². The normalized spacial score (nSPS) is 17.3. The topological polar surface area (TPSA) is 130 Å². The molecule has 0 saturated heterocycles. The molecular formula is C13H20ClN3O5S2. The van der Waals surface area contributed by atoms with Gasteiger partial charge in [0.2, 0.25) is 20.0 Å². The van der Waals surface area contributed by atoms with E-state index in [-0.39, 0.29) is 28.9 Å². The van der Waals surface area contributed by atoms with E-state index in [1.54, 1.807) is 0 Å². The second kappa shape index (κ2) is 7.54. The molecular weight excluding hydrogens is 378 g/mol. The molecule has 1 heterocycles. The third-order valence-electron chi connectivity index (χ3n) is 3.72. The van der Waals surface area contributed by atoms with Crippen molar-refractivity contribution < 1.29 is 21.9 Å². The van der Waals surface area contributed by atoms with Crippen LogP contribution in [0.2, 0.25) is 5.02 Å². The first-order valence-corrected chi connectivity index (χ1v) is 10.8. The number of unbranched alkanes of at least 4 members (excludes halogenated alkanes) is 3. The van der Waals surface area contributed by atoms with Gasteiger partial charge < -0.3 is 10.4 Å². The third-order valence-corrected chi connectivity index (χ3v) is 6.98. The number of primary sulfonamides is 1. The average molecular weight is 398 g/mol. The highest BCUT2D eigenvalue weighted by Gasteiger charge is 2.33. The second-order valence-electron chi connectivity index (χ2n) is 5.48. The Hall–Kier alpha value is -0.910.